The first-order valence-corrected chi connectivity index (χ1v) is 6.01. The molecule has 20 heavy (non-hydrogen) atoms. The second-order valence-electron chi connectivity index (χ2n) is 4.46. The first-order chi connectivity index (χ1) is 9.52. The highest BCUT2D eigenvalue weighted by Gasteiger charge is 2.18. The average molecular weight is 273 g/mol. The molecule has 2 aromatic rings. The molecule has 0 fully saturated rings. The molecule has 1 aromatic heterocycles. The minimum absolute atomic E-state index is 0.0750. The van der Waals surface area contributed by atoms with Gasteiger partial charge in [-0.25, -0.2) is 9.48 Å². The molecule has 0 bridgehead atoms. The number of hydrogen-bond acceptors (Lipinski definition) is 4. The zero-order chi connectivity index (χ0) is 14.7. The van der Waals surface area contributed by atoms with Gasteiger partial charge in [-0.2, -0.15) is 0 Å². The highest BCUT2D eigenvalue weighted by molar-refractivity contribution is 5.89. The third kappa shape index (κ3) is 2.69. The summed E-state index contributed by atoms with van der Waals surface area (Å²) >= 11 is 0. The van der Waals surface area contributed by atoms with Gasteiger partial charge in [0.15, 0.2) is 5.69 Å². The summed E-state index contributed by atoms with van der Waals surface area (Å²) in [6, 6.07) is 7.19. The Kier molecular flexibility index (Phi) is 3.84. The van der Waals surface area contributed by atoms with Gasteiger partial charge in [-0.15, -0.1) is 5.10 Å². The zero-order valence-corrected chi connectivity index (χ0v) is 11.5. The Bertz CT molecular complexity index is 670. The van der Waals surface area contributed by atoms with Crippen LogP contribution in [-0.4, -0.2) is 33.2 Å². The van der Waals surface area contributed by atoms with Crippen molar-refractivity contribution in [3.05, 3.63) is 41.2 Å². The molecule has 0 spiro atoms. The zero-order valence-electron chi connectivity index (χ0n) is 11.5. The lowest BCUT2D eigenvalue weighted by Crippen LogP contribution is -2.03. The lowest BCUT2D eigenvalue weighted by molar-refractivity contribution is 0.0690. The Balaban J connectivity index is 2.61. The second-order valence-corrected chi connectivity index (χ2v) is 4.46. The van der Waals surface area contributed by atoms with Gasteiger partial charge in [-0.1, -0.05) is 16.9 Å². The van der Waals surface area contributed by atoms with Gasteiger partial charge in [0.1, 0.15) is 11.4 Å². The van der Waals surface area contributed by atoms with Crippen molar-refractivity contribution in [1.82, 2.24) is 15.0 Å². The minimum Gasteiger partial charge on any atom is -0.497 e. The highest BCUT2D eigenvalue weighted by atomic mass is 16.5. The first kappa shape index (κ1) is 13.8. The third-order valence-electron chi connectivity index (χ3n) is 2.63. The Morgan fingerprint density at radius 1 is 1.40 bits per heavy atom. The van der Waals surface area contributed by atoms with E-state index in [9.17, 15) is 4.79 Å². The lowest BCUT2D eigenvalue weighted by Gasteiger charge is -2.06. The quantitative estimate of drug-likeness (QED) is 0.925. The largest absolute Gasteiger partial charge is 0.497 e. The summed E-state index contributed by atoms with van der Waals surface area (Å²) in [5, 5.41) is 16.8. The maximum absolute atomic E-state index is 11.2. The van der Waals surface area contributed by atoms with Crippen molar-refractivity contribution in [2.45, 2.75) is 13.8 Å². The number of carboxylic acids is 1. The molecule has 0 saturated carbocycles. The van der Waals surface area contributed by atoms with Crippen LogP contribution in [0.4, 0.5) is 0 Å². The fourth-order valence-corrected chi connectivity index (χ4v) is 1.78. The second kappa shape index (κ2) is 5.56. The number of methoxy groups -OCH3 is 1. The number of ether oxygens (including phenoxy) is 1. The van der Waals surface area contributed by atoms with Crippen molar-refractivity contribution in [3.63, 3.8) is 0 Å². The topological polar surface area (TPSA) is 77.2 Å². The van der Waals surface area contributed by atoms with Gasteiger partial charge in [0.2, 0.25) is 0 Å². The molecule has 0 radical (unpaired) electrons. The SMILES string of the molecule is COc1cccc(-n2nnc(C(=O)O)c2C=C(C)C)c1. The summed E-state index contributed by atoms with van der Waals surface area (Å²) in [5.74, 6) is -0.440. The van der Waals surface area contributed by atoms with Crippen molar-refractivity contribution < 1.29 is 14.6 Å². The predicted octanol–water partition coefficient (Wildman–Crippen LogP) is 2.40. The van der Waals surface area contributed by atoms with E-state index < -0.39 is 5.97 Å². The predicted molar refractivity (Wildman–Crippen MR) is 74.2 cm³/mol. The third-order valence-corrected chi connectivity index (χ3v) is 2.63. The number of allylic oxidation sites excluding steroid dienone is 1. The highest BCUT2D eigenvalue weighted by Crippen LogP contribution is 2.20. The molecule has 0 unspecified atom stereocenters. The molecule has 0 aliphatic rings. The van der Waals surface area contributed by atoms with Crippen LogP contribution >= 0.6 is 0 Å². The van der Waals surface area contributed by atoms with Crippen molar-refractivity contribution in [2.75, 3.05) is 7.11 Å². The van der Waals surface area contributed by atoms with Crippen LogP contribution in [0.25, 0.3) is 11.8 Å². The maximum atomic E-state index is 11.2. The molecule has 0 amide bonds. The number of rotatable bonds is 4. The molecular formula is C14H15N3O3. The maximum Gasteiger partial charge on any atom is 0.358 e. The molecular weight excluding hydrogens is 258 g/mol. The summed E-state index contributed by atoms with van der Waals surface area (Å²) in [7, 11) is 1.57. The molecule has 1 N–H and O–H groups in total. The van der Waals surface area contributed by atoms with Crippen LogP contribution in [0.3, 0.4) is 0 Å². The smallest absolute Gasteiger partial charge is 0.358 e. The molecule has 1 aromatic carbocycles. The minimum atomic E-state index is -1.10. The molecule has 0 saturated heterocycles. The van der Waals surface area contributed by atoms with Gasteiger partial charge < -0.3 is 9.84 Å². The van der Waals surface area contributed by atoms with Crippen molar-refractivity contribution in [1.29, 1.82) is 0 Å². The van der Waals surface area contributed by atoms with Gasteiger partial charge in [0, 0.05) is 6.07 Å². The number of aromatic carboxylic acids is 1. The fourth-order valence-electron chi connectivity index (χ4n) is 1.78. The van der Waals surface area contributed by atoms with E-state index in [1.807, 2.05) is 26.0 Å². The molecule has 104 valence electrons. The van der Waals surface area contributed by atoms with E-state index in [0.717, 1.165) is 5.57 Å². The van der Waals surface area contributed by atoms with E-state index in [1.165, 1.54) is 4.68 Å². The Morgan fingerprint density at radius 3 is 2.75 bits per heavy atom. The molecule has 0 aliphatic heterocycles. The Morgan fingerprint density at radius 2 is 2.15 bits per heavy atom. The fraction of sp³-hybridized carbons (Fsp3) is 0.214. The number of nitrogens with zero attached hydrogens (tertiary/aromatic N) is 3. The first-order valence-electron chi connectivity index (χ1n) is 6.01. The summed E-state index contributed by atoms with van der Waals surface area (Å²) in [6.45, 7) is 3.77. The number of aromatic nitrogens is 3. The van der Waals surface area contributed by atoms with Gasteiger partial charge >= 0.3 is 5.97 Å². The van der Waals surface area contributed by atoms with E-state index in [0.29, 0.717) is 17.1 Å². The van der Waals surface area contributed by atoms with E-state index in [1.54, 1.807) is 25.3 Å². The van der Waals surface area contributed by atoms with Crippen LogP contribution in [0.1, 0.15) is 30.0 Å². The van der Waals surface area contributed by atoms with Crippen molar-refractivity contribution >= 4 is 12.0 Å². The van der Waals surface area contributed by atoms with Crippen LogP contribution < -0.4 is 4.74 Å². The van der Waals surface area contributed by atoms with E-state index in [4.69, 9.17) is 9.84 Å². The van der Waals surface area contributed by atoms with Crippen molar-refractivity contribution in [2.24, 2.45) is 0 Å². The molecule has 0 atom stereocenters. The summed E-state index contributed by atoms with van der Waals surface area (Å²) in [6.07, 6.45) is 1.74. The summed E-state index contributed by atoms with van der Waals surface area (Å²) in [4.78, 5) is 11.2. The van der Waals surface area contributed by atoms with Crippen LogP contribution in [0.15, 0.2) is 29.8 Å². The number of carboxylic acid groups (broad SMARTS) is 1. The van der Waals surface area contributed by atoms with Crippen LogP contribution in [0, 0.1) is 0 Å². The number of benzene rings is 1. The molecule has 6 nitrogen and oxygen atoms in total. The van der Waals surface area contributed by atoms with Crippen molar-refractivity contribution in [3.8, 4) is 11.4 Å². The van der Waals surface area contributed by atoms with E-state index >= 15 is 0 Å². The molecule has 6 heteroatoms. The van der Waals surface area contributed by atoms with Crippen LogP contribution in [0.2, 0.25) is 0 Å². The van der Waals surface area contributed by atoms with Gasteiger partial charge in [-0.05, 0) is 32.1 Å². The summed E-state index contributed by atoms with van der Waals surface area (Å²) in [5.41, 5.74) is 2.01. The lowest BCUT2D eigenvalue weighted by atomic mass is 10.2. The van der Waals surface area contributed by atoms with Crippen LogP contribution in [0.5, 0.6) is 5.75 Å². The van der Waals surface area contributed by atoms with Gasteiger partial charge in [-0.3, -0.25) is 0 Å². The van der Waals surface area contributed by atoms with Gasteiger partial charge in [0.25, 0.3) is 0 Å². The monoisotopic (exact) mass is 273 g/mol. The Hall–Kier alpha value is -2.63. The van der Waals surface area contributed by atoms with E-state index in [2.05, 4.69) is 10.3 Å². The summed E-state index contributed by atoms with van der Waals surface area (Å²) < 4.78 is 6.64. The van der Waals surface area contributed by atoms with Crippen LogP contribution in [-0.2, 0) is 0 Å². The van der Waals surface area contributed by atoms with Gasteiger partial charge in [0.05, 0.1) is 12.8 Å². The Labute approximate surface area is 116 Å². The standard InChI is InChI=1S/C14H15N3O3/c1-9(2)7-12-13(14(18)19)15-16-17(12)10-5-4-6-11(8-10)20-3/h4-8H,1-3H3,(H,18,19). The number of carbonyl (C=O) groups is 1. The molecule has 2 rings (SSSR count). The van der Waals surface area contributed by atoms with E-state index in [-0.39, 0.29) is 5.69 Å². The normalized spacial score (nSPS) is 10.2. The average Bonchev–Trinajstić information content (AvgIpc) is 2.81. The number of hydrogen-bond donors (Lipinski definition) is 1. The molecule has 0 aliphatic carbocycles. The molecule has 1 heterocycles.